The molecule has 2 N–H and O–H groups in total. The van der Waals surface area contributed by atoms with Crippen LogP contribution in [0, 0.1) is 11.6 Å². The van der Waals surface area contributed by atoms with Gasteiger partial charge in [0.25, 0.3) is 5.91 Å². The number of imide groups is 1. The molecule has 0 aromatic heterocycles. The third-order valence-electron chi connectivity index (χ3n) is 4.17. The molecule has 0 atom stereocenters. The third-order valence-corrected chi connectivity index (χ3v) is 5.07. The smallest absolute Gasteiger partial charge is 0.416 e. The maximum Gasteiger partial charge on any atom is 0.416 e. The van der Waals surface area contributed by atoms with Crippen LogP contribution >= 0.6 is 34.8 Å². The Morgan fingerprint density at radius 2 is 1.44 bits per heavy atom. The van der Waals surface area contributed by atoms with E-state index in [2.05, 4.69) is 5.32 Å². The predicted octanol–water partition coefficient (Wildman–Crippen LogP) is 7.70. The first-order valence-corrected chi connectivity index (χ1v) is 10.1. The van der Waals surface area contributed by atoms with E-state index in [1.807, 2.05) is 0 Å². The molecule has 178 valence electrons. The van der Waals surface area contributed by atoms with Crippen molar-refractivity contribution in [3.8, 4) is 11.5 Å². The van der Waals surface area contributed by atoms with Crippen molar-refractivity contribution in [1.82, 2.24) is 5.32 Å². The Morgan fingerprint density at radius 1 is 0.824 bits per heavy atom. The first-order chi connectivity index (χ1) is 15.9. The molecule has 5 nitrogen and oxygen atoms in total. The summed E-state index contributed by atoms with van der Waals surface area (Å²) in [4.78, 5) is 24.1. The van der Waals surface area contributed by atoms with Crippen molar-refractivity contribution in [3.63, 3.8) is 0 Å². The van der Waals surface area contributed by atoms with E-state index in [0.717, 1.165) is 42.5 Å². The quantitative estimate of drug-likeness (QED) is 0.334. The van der Waals surface area contributed by atoms with Gasteiger partial charge in [-0.25, -0.2) is 13.6 Å². The summed E-state index contributed by atoms with van der Waals surface area (Å²) in [5, 5.41) is 3.29. The molecule has 3 aromatic carbocycles. The van der Waals surface area contributed by atoms with Gasteiger partial charge in [0.2, 0.25) is 0 Å². The fourth-order valence-corrected chi connectivity index (χ4v) is 3.24. The molecule has 0 fully saturated rings. The van der Waals surface area contributed by atoms with Gasteiger partial charge in [0, 0.05) is 6.07 Å². The standard InChI is InChI=1S/C21H10Cl3F5N2O3/c22-10-8-17(34-16-5-4-9(6-11(16)23)21(27,28)29)12(24)7-15(10)30-20(33)31-19(32)18-13(25)2-1-3-14(18)26/h1-8H,(H2,30,31,32,33). The average molecular weight is 540 g/mol. The van der Waals surface area contributed by atoms with Crippen LogP contribution in [0.4, 0.5) is 32.4 Å². The van der Waals surface area contributed by atoms with E-state index >= 15 is 0 Å². The van der Waals surface area contributed by atoms with E-state index in [0.29, 0.717) is 6.07 Å². The second-order valence-electron chi connectivity index (χ2n) is 6.51. The monoisotopic (exact) mass is 538 g/mol. The van der Waals surface area contributed by atoms with Gasteiger partial charge in [0.05, 0.1) is 26.3 Å². The fourth-order valence-electron chi connectivity index (χ4n) is 2.61. The number of benzene rings is 3. The highest BCUT2D eigenvalue weighted by molar-refractivity contribution is 6.37. The predicted molar refractivity (Wildman–Crippen MR) is 116 cm³/mol. The number of nitrogens with one attached hydrogen (secondary N) is 2. The number of hydrogen-bond donors (Lipinski definition) is 2. The van der Waals surface area contributed by atoms with Crippen LogP contribution < -0.4 is 15.4 Å². The van der Waals surface area contributed by atoms with Crippen molar-refractivity contribution in [2.24, 2.45) is 0 Å². The number of amides is 3. The van der Waals surface area contributed by atoms with Gasteiger partial charge in [-0.3, -0.25) is 10.1 Å². The lowest BCUT2D eigenvalue weighted by Crippen LogP contribution is -2.35. The Morgan fingerprint density at radius 3 is 2.03 bits per heavy atom. The van der Waals surface area contributed by atoms with Crippen molar-refractivity contribution < 1.29 is 36.3 Å². The van der Waals surface area contributed by atoms with E-state index in [9.17, 15) is 31.5 Å². The van der Waals surface area contributed by atoms with E-state index in [4.69, 9.17) is 39.5 Å². The number of hydrogen-bond acceptors (Lipinski definition) is 3. The highest BCUT2D eigenvalue weighted by Crippen LogP contribution is 2.40. The summed E-state index contributed by atoms with van der Waals surface area (Å²) < 4.78 is 71.1. The Bertz CT molecular complexity index is 1260. The summed E-state index contributed by atoms with van der Waals surface area (Å²) >= 11 is 18.0. The summed E-state index contributed by atoms with van der Waals surface area (Å²) in [5.74, 6) is -3.94. The van der Waals surface area contributed by atoms with E-state index in [-0.39, 0.29) is 32.3 Å². The number of urea groups is 1. The largest absolute Gasteiger partial charge is 0.454 e. The minimum Gasteiger partial charge on any atom is -0.454 e. The molecule has 0 saturated carbocycles. The maximum atomic E-state index is 13.7. The van der Waals surface area contributed by atoms with E-state index < -0.39 is 40.9 Å². The van der Waals surface area contributed by atoms with Crippen LogP contribution in [0.25, 0.3) is 0 Å². The van der Waals surface area contributed by atoms with Crippen LogP contribution in [0.3, 0.4) is 0 Å². The van der Waals surface area contributed by atoms with Gasteiger partial charge in [0.15, 0.2) is 0 Å². The van der Waals surface area contributed by atoms with Crippen molar-refractivity contribution in [3.05, 3.63) is 86.4 Å². The zero-order valence-electron chi connectivity index (χ0n) is 16.4. The van der Waals surface area contributed by atoms with Crippen molar-refractivity contribution in [2.45, 2.75) is 6.18 Å². The highest BCUT2D eigenvalue weighted by Gasteiger charge is 2.31. The highest BCUT2D eigenvalue weighted by atomic mass is 35.5. The van der Waals surface area contributed by atoms with Crippen LogP contribution in [0.5, 0.6) is 11.5 Å². The van der Waals surface area contributed by atoms with Gasteiger partial charge in [-0.15, -0.1) is 0 Å². The SMILES string of the molecule is O=C(NC(=O)c1c(F)cccc1F)Nc1cc(Cl)c(Oc2ccc(C(F)(F)F)cc2Cl)cc1Cl. The molecular weight excluding hydrogens is 530 g/mol. The summed E-state index contributed by atoms with van der Waals surface area (Å²) in [7, 11) is 0. The third kappa shape index (κ3) is 5.88. The van der Waals surface area contributed by atoms with Crippen LogP contribution in [0.2, 0.25) is 15.1 Å². The average Bonchev–Trinajstić information content (AvgIpc) is 2.72. The number of rotatable bonds is 4. The molecule has 3 rings (SSSR count). The molecule has 0 aliphatic carbocycles. The number of anilines is 1. The Balaban J connectivity index is 1.74. The van der Waals surface area contributed by atoms with Gasteiger partial charge < -0.3 is 10.1 Å². The zero-order valence-corrected chi connectivity index (χ0v) is 18.6. The number of halogens is 8. The number of carbonyl (C=O) groups is 2. The molecule has 0 bridgehead atoms. The Labute approximate surface area is 203 Å². The van der Waals surface area contributed by atoms with Crippen molar-refractivity contribution in [1.29, 1.82) is 0 Å². The summed E-state index contributed by atoms with van der Waals surface area (Å²) in [6.07, 6.45) is -4.60. The lowest BCUT2D eigenvalue weighted by molar-refractivity contribution is -0.137. The van der Waals surface area contributed by atoms with Crippen molar-refractivity contribution >= 4 is 52.4 Å². The van der Waals surface area contributed by atoms with Crippen LogP contribution in [-0.4, -0.2) is 11.9 Å². The van der Waals surface area contributed by atoms with E-state index in [1.54, 1.807) is 5.32 Å². The topological polar surface area (TPSA) is 67.4 Å². The number of ether oxygens (including phenoxy) is 1. The molecule has 0 aliphatic heterocycles. The molecule has 0 radical (unpaired) electrons. The minimum absolute atomic E-state index is 0.108. The lowest BCUT2D eigenvalue weighted by Gasteiger charge is -2.14. The number of alkyl halides is 3. The Hall–Kier alpha value is -3.08. The van der Waals surface area contributed by atoms with Crippen molar-refractivity contribution in [2.75, 3.05) is 5.32 Å². The molecule has 0 heterocycles. The molecule has 0 saturated heterocycles. The molecule has 3 aromatic rings. The van der Waals surface area contributed by atoms with Gasteiger partial charge in [-0.05, 0) is 36.4 Å². The van der Waals surface area contributed by atoms with E-state index in [1.165, 1.54) is 0 Å². The fraction of sp³-hybridized carbons (Fsp3) is 0.0476. The summed E-state index contributed by atoms with van der Waals surface area (Å²) in [6, 6.07) is 6.21. The molecule has 34 heavy (non-hydrogen) atoms. The minimum atomic E-state index is -4.60. The van der Waals surface area contributed by atoms with Gasteiger partial charge in [-0.1, -0.05) is 40.9 Å². The summed E-state index contributed by atoms with van der Waals surface area (Å²) in [5.41, 5.74) is -2.06. The molecule has 3 amide bonds. The molecular formula is C21H10Cl3F5N2O3. The molecule has 0 spiro atoms. The molecule has 13 heteroatoms. The summed E-state index contributed by atoms with van der Waals surface area (Å²) in [6.45, 7) is 0. The zero-order chi connectivity index (χ0) is 25.2. The number of carbonyl (C=O) groups excluding carboxylic acids is 2. The van der Waals surface area contributed by atoms with Crippen LogP contribution in [-0.2, 0) is 6.18 Å². The first kappa shape index (κ1) is 25.5. The van der Waals surface area contributed by atoms with Gasteiger partial charge in [-0.2, -0.15) is 13.2 Å². The second kappa shape index (κ2) is 10.0. The molecule has 0 unspecified atom stereocenters. The van der Waals surface area contributed by atoms with Gasteiger partial charge in [0.1, 0.15) is 28.7 Å². The second-order valence-corrected chi connectivity index (χ2v) is 7.73. The van der Waals surface area contributed by atoms with Gasteiger partial charge >= 0.3 is 12.2 Å². The molecule has 0 aliphatic rings. The lowest BCUT2D eigenvalue weighted by atomic mass is 10.2. The normalized spacial score (nSPS) is 11.2. The maximum absolute atomic E-state index is 13.7. The first-order valence-electron chi connectivity index (χ1n) is 8.97. The Kier molecular flexibility index (Phi) is 7.54. The van der Waals surface area contributed by atoms with Crippen LogP contribution in [0.15, 0.2) is 48.5 Å². The van der Waals surface area contributed by atoms with Crippen LogP contribution in [0.1, 0.15) is 15.9 Å².